The molecular weight excluding hydrogens is 442 g/mol. The molecule has 1 saturated heterocycles. The normalized spacial score (nSPS) is 24.5. The van der Waals surface area contributed by atoms with E-state index >= 15 is 0 Å². The maximum Gasteiger partial charge on any atom is 0.330 e. The van der Waals surface area contributed by atoms with Crippen molar-refractivity contribution in [2.24, 2.45) is 0 Å². The molecule has 9 heteroatoms. The highest BCUT2D eigenvalue weighted by Gasteiger charge is 2.41. The molecule has 0 saturated carbocycles. The van der Waals surface area contributed by atoms with Crippen molar-refractivity contribution in [3.05, 3.63) is 69.7 Å². The maximum atomic E-state index is 14.5. The van der Waals surface area contributed by atoms with Crippen LogP contribution in [-0.2, 0) is 33.3 Å². The molecule has 1 fully saturated rings. The van der Waals surface area contributed by atoms with E-state index in [1.807, 2.05) is 0 Å². The molecule has 6 nitrogen and oxygen atoms in total. The Labute approximate surface area is 193 Å². The van der Waals surface area contributed by atoms with Gasteiger partial charge in [-0.05, 0) is 42.1 Å². The third-order valence-electron chi connectivity index (χ3n) is 5.36. The van der Waals surface area contributed by atoms with Crippen molar-refractivity contribution in [1.29, 1.82) is 0 Å². The predicted molar refractivity (Wildman–Crippen MR) is 111 cm³/mol. The number of fused-ring (bicyclic) bond motifs is 1. The van der Waals surface area contributed by atoms with E-state index in [1.165, 1.54) is 30.3 Å². The molecule has 0 bridgehead atoms. The molecule has 2 unspecified atom stereocenters. The number of alkyl halides is 2. The van der Waals surface area contributed by atoms with Crippen molar-refractivity contribution < 1.29 is 33.5 Å². The molecule has 1 N–H and O–H groups in total. The number of aryl methyl sites for hydroxylation is 1. The van der Waals surface area contributed by atoms with Crippen molar-refractivity contribution in [3.8, 4) is 0 Å². The molecular formula is C23H19ClF2N2O4. The number of amides is 3. The summed E-state index contributed by atoms with van der Waals surface area (Å²) in [6, 6.07) is 7.39. The van der Waals surface area contributed by atoms with Gasteiger partial charge in [0.15, 0.2) is 1.41 Å². The fourth-order valence-electron chi connectivity index (χ4n) is 3.66. The van der Waals surface area contributed by atoms with Crippen molar-refractivity contribution in [3.63, 3.8) is 0 Å². The molecule has 2 aliphatic rings. The third-order valence-corrected chi connectivity index (χ3v) is 5.62. The molecule has 0 aromatic heterocycles. The number of Topliss-reactive ketones (excluding diaryl/α,β-unsaturated/α-hetero) is 1. The van der Waals surface area contributed by atoms with Gasteiger partial charge in [0.05, 0.1) is 0 Å². The van der Waals surface area contributed by atoms with Crippen LogP contribution in [0.25, 0.3) is 0 Å². The van der Waals surface area contributed by atoms with Crippen molar-refractivity contribution in [2.45, 2.75) is 44.1 Å². The largest absolute Gasteiger partial charge is 0.330 e. The van der Waals surface area contributed by atoms with E-state index < -0.39 is 60.2 Å². The Hall–Kier alpha value is -3.13. The molecule has 0 radical (unpaired) electrons. The van der Waals surface area contributed by atoms with Gasteiger partial charge in [-0.3, -0.25) is 24.5 Å². The summed E-state index contributed by atoms with van der Waals surface area (Å²) < 4.78 is 60.4. The molecule has 2 aromatic rings. The van der Waals surface area contributed by atoms with Crippen LogP contribution in [0.15, 0.2) is 42.5 Å². The molecule has 2 heterocycles. The monoisotopic (exact) mass is 464 g/mol. The molecule has 0 aliphatic carbocycles. The molecule has 166 valence electrons. The quantitative estimate of drug-likeness (QED) is 0.664. The van der Waals surface area contributed by atoms with Gasteiger partial charge in [-0.25, -0.2) is 0 Å². The van der Waals surface area contributed by atoms with Crippen LogP contribution in [0, 0.1) is 0 Å². The first-order chi connectivity index (χ1) is 16.8. The smallest absolute Gasteiger partial charge is 0.322 e. The van der Waals surface area contributed by atoms with Gasteiger partial charge in [0.1, 0.15) is 6.04 Å². The van der Waals surface area contributed by atoms with E-state index in [0.717, 1.165) is 17.0 Å². The van der Waals surface area contributed by atoms with E-state index in [4.69, 9.17) is 17.1 Å². The molecule has 2 aromatic carbocycles. The van der Waals surface area contributed by atoms with Crippen molar-refractivity contribution >= 4 is 35.1 Å². The number of rotatable bonds is 6. The number of halogens is 3. The highest BCUT2D eigenvalue weighted by Crippen LogP contribution is 2.32. The number of piperidine rings is 1. The van der Waals surface area contributed by atoms with E-state index in [1.54, 1.807) is 0 Å². The van der Waals surface area contributed by atoms with Gasteiger partial charge in [0.25, 0.3) is 5.91 Å². The fraction of sp³-hybridized carbons (Fsp3) is 0.304. The average molecular weight is 465 g/mol. The zero-order chi connectivity index (χ0) is 26.6. The number of benzene rings is 2. The molecule has 2 atom stereocenters. The van der Waals surface area contributed by atoms with Crippen LogP contribution in [0.1, 0.15) is 50.4 Å². The highest BCUT2D eigenvalue weighted by molar-refractivity contribution is 6.30. The Morgan fingerprint density at radius 3 is 2.66 bits per heavy atom. The lowest BCUT2D eigenvalue weighted by molar-refractivity contribution is -0.144. The van der Waals surface area contributed by atoms with Crippen LogP contribution >= 0.6 is 11.6 Å². The van der Waals surface area contributed by atoms with E-state index in [9.17, 15) is 28.0 Å². The lowest BCUT2D eigenvalue weighted by atomic mass is 9.97. The van der Waals surface area contributed by atoms with Crippen LogP contribution in [0.2, 0.25) is 6.43 Å². The second-order valence-corrected chi connectivity index (χ2v) is 7.88. The number of carbonyl (C=O) groups is 4. The number of imide groups is 1. The third kappa shape index (κ3) is 4.14. The molecule has 3 amide bonds. The summed E-state index contributed by atoms with van der Waals surface area (Å²) in [5.74, 6) is -8.36. The first-order valence-corrected chi connectivity index (χ1v) is 10.0. The molecule has 32 heavy (non-hydrogen) atoms. The minimum Gasteiger partial charge on any atom is -0.322 e. The second-order valence-electron chi connectivity index (χ2n) is 7.44. The van der Waals surface area contributed by atoms with Gasteiger partial charge in [-0.15, -0.1) is 0 Å². The van der Waals surface area contributed by atoms with Crippen LogP contribution in [0.5, 0.6) is 0 Å². The van der Waals surface area contributed by atoms with Crippen LogP contribution in [0.4, 0.5) is 8.78 Å². The number of nitrogens with zero attached hydrogens (tertiary/aromatic N) is 1. The van der Waals surface area contributed by atoms with Crippen LogP contribution in [-0.4, -0.2) is 34.4 Å². The molecule has 0 spiro atoms. The number of carbonyl (C=O) groups excluding carboxylic acids is 4. The van der Waals surface area contributed by atoms with Gasteiger partial charge in [0, 0.05) is 39.6 Å². The van der Waals surface area contributed by atoms with Gasteiger partial charge >= 0.3 is 5.92 Å². The first kappa shape index (κ1) is 17.4. The summed E-state index contributed by atoms with van der Waals surface area (Å²) >= 11 is 5.71. The zero-order valence-corrected chi connectivity index (χ0v) is 17.2. The molecule has 2 aliphatic heterocycles. The van der Waals surface area contributed by atoms with E-state index in [-0.39, 0.29) is 28.9 Å². The average Bonchev–Trinajstić information content (AvgIpc) is 3.16. The SMILES string of the molecule is [2H]C1C(N2Cc3cc(CCC(=O)C(F)(F)c4ccc(Cl)cc4)ccc3C2=O)C(=O)N([2H])C(=O)C1([2H])[2H]. The summed E-state index contributed by atoms with van der Waals surface area (Å²) in [5.41, 5.74) is 0.554. The van der Waals surface area contributed by atoms with Crippen LogP contribution in [0.3, 0.4) is 0 Å². The minimum atomic E-state index is -3.71. The zero-order valence-electron chi connectivity index (χ0n) is 20.5. The van der Waals surface area contributed by atoms with Crippen LogP contribution < -0.4 is 5.31 Å². The lowest BCUT2D eigenvalue weighted by Gasteiger charge is -2.29. The Balaban J connectivity index is 1.49. The topological polar surface area (TPSA) is 83.6 Å². The molecule has 4 rings (SSSR count). The number of nitrogens with one attached hydrogen (secondary N) is 1. The number of hydrogen-bond donors (Lipinski definition) is 1. The second kappa shape index (κ2) is 8.43. The number of ketones is 1. The van der Waals surface area contributed by atoms with E-state index in [0.29, 0.717) is 11.1 Å². The summed E-state index contributed by atoms with van der Waals surface area (Å²) in [5, 5.41) is 0.0951. The summed E-state index contributed by atoms with van der Waals surface area (Å²) in [6.07, 6.45) is -5.33. The summed E-state index contributed by atoms with van der Waals surface area (Å²) in [7, 11) is 0. The van der Waals surface area contributed by atoms with Gasteiger partial charge in [-0.1, -0.05) is 35.9 Å². The Kier molecular flexibility index (Phi) is 4.59. The Morgan fingerprint density at radius 2 is 1.94 bits per heavy atom. The Bertz CT molecular complexity index is 1280. The van der Waals surface area contributed by atoms with Gasteiger partial charge < -0.3 is 4.90 Å². The lowest BCUT2D eigenvalue weighted by Crippen LogP contribution is -2.52. The summed E-state index contributed by atoms with van der Waals surface area (Å²) in [4.78, 5) is 50.5. The predicted octanol–water partition coefficient (Wildman–Crippen LogP) is 3.39. The fourth-order valence-corrected chi connectivity index (χ4v) is 3.78. The highest BCUT2D eigenvalue weighted by atomic mass is 35.5. The Morgan fingerprint density at radius 1 is 1.22 bits per heavy atom. The summed E-state index contributed by atoms with van der Waals surface area (Å²) in [6.45, 7) is -0.208. The van der Waals surface area contributed by atoms with Gasteiger partial charge in [-0.2, -0.15) is 8.78 Å². The van der Waals surface area contributed by atoms with Crippen molar-refractivity contribution in [1.82, 2.24) is 10.2 Å². The standard InChI is InChI=1S/C23H19ClF2N2O4/c24-16-5-3-15(4-6-16)23(25,26)19(29)9-2-13-1-7-17-14(11-13)12-28(22(17)32)18-8-10-20(30)27-21(18)31/h1,3-7,11,18H,2,8-10,12H2,(H,27,30,31)/i8D,10D2/hD. The van der Waals surface area contributed by atoms with Crippen molar-refractivity contribution in [2.75, 3.05) is 0 Å². The first-order valence-electron chi connectivity index (χ1n) is 11.7. The van der Waals surface area contributed by atoms with Gasteiger partial charge in [0.2, 0.25) is 17.6 Å². The number of hydrogen-bond acceptors (Lipinski definition) is 4. The maximum absolute atomic E-state index is 14.5. The van der Waals surface area contributed by atoms with E-state index in [2.05, 4.69) is 0 Å². The minimum absolute atomic E-state index is 0.0511.